The van der Waals surface area contributed by atoms with Gasteiger partial charge in [-0.3, -0.25) is 4.90 Å². The Hall–Kier alpha value is -1.61. The molecule has 1 aromatic carbocycles. The predicted molar refractivity (Wildman–Crippen MR) is 121 cm³/mol. The number of guanidine groups is 1. The zero-order valence-corrected chi connectivity index (χ0v) is 18.4. The van der Waals surface area contributed by atoms with E-state index >= 15 is 0 Å². The summed E-state index contributed by atoms with van der Waals surface area (Å²) in [5, 5.41) is 3.28. The van der Waals surface area contributed by atoms with Crippen molar-refractivity contribution in [2.45, 2.75) is 45.3 Å². The van der Waals surface area contributed by atoms with Crippen LogP contribution < -0.4 is 11.1 Å². The van der Waals surface area contributed by atoms with Gasteiger partial charge in [0.2, 0.25) is 0 Å². The van der Waals surface area contributed by atoms with Crippen LogP contribution in [-0.2, 0) is 19.5 Å². The fourth-order valence-electron chi connectivity index (χ4n) is 3.57. The quantitative estimate of drug-likeness (QED) is 0.345. The SMILES string of the molecule is CCN1CCCC1CNC(N)=NCc1nccn1CCc1ccccc1.I. The van der Waals surface area contributed by atoms with E-state index in [1.807, 2.05) is 18.5 Å². The zero-order valence-electron chi connectivity index (χ0n) is 16.1. The Bertz CT molecular complexity index is 700. The van der Waals surface area contributed by atoms with Crippen LogP contribution in [0.1, 0.15) is 31.2 Å². The number of imidazole rings is 1. The topological polar surface area (TPSA) is 71.5 Å². The highest BCUT2D eigenvalue weighted by atomic mass is 127. The average molecular weight is 482 g/mol. The van der Waals surface area contributed by atoms with E-state index in [0.29, 0.717) is 18.5 Å². The molecule has 1 fully saturated rings. The zero-order chi connectivity index (χ0) is 18.2. The monoisotopic (exact) mass is 482 g/mol. The highest BCUT2D eigenvalue weighted by Crippen LogP contribution is 2.15. The van der Waals surface area contributed by atoms with Crippen molar-refractivity contribution in [2.75, 3.05) is 19.6 Å². The van der Waals surface area contributed by atoms with Crippen LogP contribution in [0.5, 0.6) is 0 Å². The van der Waals surface area contributed by atoms with Crippen LogP contribution in [0.2, 0.25) is 0 Å². The molecule has 2 aromatic rings. The summed E-state index contributed by atoms with van der Waals surface area (Å²) in [6.07, 6.45) is 7.33. The minimum absolute atomic E-state index is 0. The van der Waals surface area contributed by atoms with Crippen molar-refractivity contribution in [1.29, 1.82) is 0 Å². The van der Waals surface area contributed by atoms with E-state index in [0.717, 1.165) is 31.9 Å². The number of aryl methyl sites for hydroxylation is 2. The van der Waals surface area contributed by atoms with E-state index in [-0.39, 0.29) is 24.0 Å². The molecule has 3 rings (SSSR count). The van der Waals surface area contributed by atoms with Gasteiger partial charge in [-0.25, -0.2) is 9.98 Å². The Labute approximate surface area is 179 Å². The number of likely N-dealkylation sites (N-methyl/N-ethyl adjacent to an activating group) is 1. The van der Waals surface area contributed by atoms with Crippen LogP contribution >= 0.6 is 24.0 Å². The number of likely N-dealkylation sites (tertiary alicyclic amines) is 1. The first kappa shape index (κ1) is 21.7. The lowest BCUT2D eigenvalue weighted by Gasteiger charge is -2.23. The molecule has 0 aliphatic carbocycles. The molecule has 0 bridgehead atoms. The first-order valence-corrected chi connectivity index (χ1v) is 9.58. The van der Waals surface area contributed by atoms with E-state index in [2.05, 4.69) is 55.9 Å². The van der Waals surface area contributed by atoms with Crippen molar-refractivity contribution < 1.29 is 0 Å². The van der Waals surface area contributed by atoms with Crippen LogP contribution in [0.15, 0.2) is 47.7 Å². The summed E-state index contributed by atoms with van der Waals surface area (Å²) >= 11 is 0. The normalized spacial score (nSPS) is 17.7. The van der Waals surface area contributed by atoms with Gasteiger partial charge in [-0.2, -0.15) is 0 Å². The number of nitrogens with two attached hydrogens (primary N) is 1. The Morgan fingerprint density at radius 3 is 2.93 bits per heavy atom. The molecule has 0 saturated carbocycles. The molecule has 1 aliphatic heterocycles. The van der Waals surface area contributed by atoms with Gasteiger partial charge in [0.1, 0.15) is 12.4 Å². The molecule has 1 saturated heterocycles. The number of aliphatic imine (C=N–C) groups is 1. The first-order chi connectivity index (χ1) is 12.8. The molecule has 1 aliphatic rings. The summed E-state index contributed by atoms with van der Waals surface area (Å²) in [5.74, 6) is 1.45. The van der Waals surface area contributed by atoms with E-state index in [4.69, 9.17) is 5.73 Å². The third kappa shape index (κ3) is 6.49. The summed E-state index contributed by atoms with van der Waals surface area (Å²) in [5.41, 5.74) is 7.38. The molecule has 0 spiro atoms. The Morgan fingerprint density at radius 1 is 1.33 bits per heavy atom. The number of aromatic nitrogens is 2. The molecule has 2 heterocycles. The molecule has 148 valence electrons. The molecular formula is C20H31IN6. The van der Waals surface area contributed by atoms with Gasteiger partial charge >= 0.3 is 0 Å². The average Bonchev–Trinajstić information content (AvgIpc) is 3.32. The maximum Gasteiger partial charge on any atom is 0.189 e. The molecule has 27 heavy (non-hydrogen) atoms. The van der Waals surface area contributed by atoms with Gasteiger partial charge in [-0.15, -0.1) is 24.0 Å². The fourth-order valence-corrected chi connectivity index (χ4v) is 3.57. The van der Waals surface area contributed by atoms with Crippen molar-refractivity contribution in [3.63, 3.8) is 0 Å². The number of nitrogens with one attached hydrogen (secondary N) is 1. The maximum absolute atomic E-state index is 6.05. The summed E-state index contributed by atoms with van der Waals surface area (Å²) in [6.45, 7) is 6.77. The van der Waals surface area contributed by atoms with E-state index < -0.39 is 0 Å². The number of nitrogens with zero attached hydrogens (tertiary/aromatic N) is 4. The standard InChI is InChI=1S/C20H30N6.HI/c1-2-25-12-6-9-18(25)15-23-20(21)24-16-19-22-11-14-26(19)13-10-17-7-4-3-5-8-17;/h3-5,7-8,11,14,18H,2,6,9-10,12-13,15-16H2,1H3,(H3,21,23,24);1H. The summed E-state index contributed by atoms with van der Waals surface area (Å²) in [4.78, 5) is 11.4. The Balaban J connectivity index is 0.00000261. The fraction of sp³-hybridized carbons (Fsp3) is 0.500. The lowest BCUT2D eigenvalue weighted by molar-refractivity contribution is 0.267. The largest absolute Gasteiger partial charge is 0.370 e. The molecule has 0 amide bonds. The van der Waals surface area contributed by atoms with Crippen LogP contribution in [0.3, 0.4) is 0 Å². The van der Waals surface area contributed by atoms with Crippen molar-refractivity contribution in [2.24, 2.45) is 10.7 Å². The number of hydrogen-bond acceptors (Lipinski definition) is 3. The molecular weight excluding hydrogens is 451 g/mol. The van der Waals surface area contributed by atoms with Crippen molar-refractivity contribution in [1.82, 2.24) is 19.8 Å². The van der Waals surface area contributed by atoms with Crippen LogP contribution in [0, 0.1) is 0 Å². The van der Waals surface area contributed by atoms with Crippen molar-refractivity contribution in [3.8, 4) is 0 Å². The minimum atomic E-state index is 0. The second-order valence-corrected chi connectivity index (χ2v) is 6.78. The number of hydrogen-bond donors (Lipinski definition) is 2. The van der Waals surface area contributed by atoms with Crippen molar-refractivity contribution >= 4 is 29.9 Å². The van der Waals surface area contributed by atoms with Gasteiger partial charge in [0.15, 0.2) is 5.96 Å². The van der Waals surface area contributed by atoms with E-state index in [1.165, 1.54) is 24.9 Å². The van der Waals surface area contributed by atoms with Crippen LogP contribution in [-0.4, -0.2) is 46.1 Å². The van der Waals surface area contributed by atoms with Gasteiger partial charge < -0.3 is 15.6 Å². The summed E-state index contributed by atoms with van der Waals surface area (Å²) < 4.78 is 2.15. The lowest BCUT2D eigenvalue weighted by Crippen LogP contribution is -2.42. The second-order valence-electron chi connectivity index (χ2n) is 6.78. The lowest BCUT2D eigenvalue weighted by atomic mass is 10.1. The molecule has 0 radical (unpaired) electrons. The van der Waals surface area contributed by atoms with Gasteiger partial charge in [-0.1, -0.05) is 37.3 Å². The number of benzene rings is 1. The van der Waals surface area contributed by atoms with Gasteiger partial charge in [0.05, 0.1) is 0 Å². The molecule has 1 aromatic heterocycles. The number of rotatable bonds is 8. The van der Waals surface area contributed by atoms with Crippen molar-refractivity contribution in [3.05, 3.63) is 54.1 Å². The van der Waals surface area contributed by atoms with Gasteiger partial charge in [0.25, 0.3) is 0 Å². The van der Waals surface area contributed by atoms with Crippen LogP contribution in [0.25, 0.3) is 0 Å². The molecule has 7 heteroatoms. The highest BCUT2D eigenvalue weighted by molar-refractivity contribution is 14.0. The summed E-state index contributed by atoms with van der Waals surface area (Å²) in [7, 11) is 0. The third-order valence-electron chi connectivity index (χ3n) is 5.10. The molecule has 1 atom stereocenters. The van der Waals surface area contributed by atoms with Gasteiger partial charge in [0, 0.05) is 31.5 Å². The maximum atomic E-state index is 6.05. The van der Waals surface area contributed by atoms with Gasteiger partial charge in [-0.05, 0) is 37.9 Å². The third-order valence-corrected chi connectivity index (χ3v) is 5.10. The van der Waals surface area contributed by atoms with Crippen LogP contribution in [0.4, 0.5) is 0 Å². The second kappa shape index (κ2) is 11.3. The Morgan fingerprint density at radius 2 is 2.15 bits per heavy atom. The predicted octanol–water partition coefficient (Wildman–Crippen LogP) is 2.63. The first-order valence-electron chi connectivity index (χ1n) is 9.58. The molecule has 3 N–H and O–H groups in total. The summed E-state index contributed by atoms with van der Waals surface area (Å²) in [6, 6.07) is 11.1. The minimum Gasteiger partial charge on any atom is -0.370 e. The number of halogens is 1. The van der Waals surface area contributed by atoms with E-state index in [1.54, 1.807) is 0 Å². The molecule has 1 unspecified atom stereocenters. The Kier molecular flexibility index (Phi) is 9.06. The molecule has 6 nitrogen and oxygen atoms in total. The van der Waals surface area contributed by atoms with E-state index in [9.17, 15) is 0 Å². The highest BCUT2D eigenvalue weighted by Gasteiger charge is 2.22. The smallest absolute Gasteiger partial charge is 0.189 e.